The van der Waals surface area contributed by atoms with Crippen molar-refractivity contribution in [3.8, 4) is 0 Å². The van der Waals surface area contributed by atoms with Crippen molar-refractivity contribution in [2.45, 2.75) is 57.4 Å². The minimum atomic E-state index is -0.0380. The van der Waals surface area contributed by atoms with E-state index < -0.39 is 0 Å². The normalized spacial score (nSPS) is 19.0. The Kier molecular flexibility index (Phi) is 7.94. The molecule has 0 unspecified atom stereocenters. The van der Waals surface area contributed by atoms with Crippen LogP contribution in [0.2, 0.25) is 5.02 Å². The number of unbranched alkanes of at least 4 members (excludes halogenated alkanes) is 2. The summed E-state index contributed by atoms with van der Waals surface area (Å²) < 4.78 is 0.601. The van der Waals surface area contributed by atoms with Crippen LogP contribution >= 0.6 is 35.6 Å². The highest BCUT2D eigenvalue weighted by Crippen LogP contribution is 2.33. The maximum atomic E-state index is 12.6. The summed E-state index contributed by atoms with van der Waals surface area (Å²) in [5.41, 5.74) is 0.929. The largest absolute Gasteiger partial charge is 0.353 e. The summed E-state index contributed by atoms with van der Waals surface area (Å²) in [5.74, 6) is 0.118. The van der Waals surface area contributed by atoms with Crippen molar-refractivity contribution in [1.29, 1.82) is 0 Å². The van der Waals surface area contributed by atoms with Crippen LogP contribution in [0.5, 0.6) is 0 Å². The fourth-order valence-corrected chi connectivity index (χ4v) is 4.94. The van der Waals surface area contributed by atoms with Crippen molar-refractivity contribution in [2.75, 3.05) is 6.54 Å². The lowest BCUT2D eigenvalue weighted by atomic mass is 10.1. The third-order valence-electron chi connectivity index (χ3n) is 5.05. The molecule has 1 aliphatic carbocycles. The van der Waals surface area contributed by atoms with Gasteiger partial charge in [-0.15, -0.1) is 0 Å². The Morgan fingerprint density at radius 1 is 1.21 bits per heavy atom. The first-order valence-electron chi connectivity index (χ1n) is 9.83. The second-order valence-corrected chi connectivity index (χ2v) is 9.36. The molecule has 0 atom stereocenters. The first kappa shape index (κ1) is 21.3. The number of carbonyl (C=O) groups is 2. The van der Waals surface area contributed by atoms with Gasteiger partial charge in [-0.3, -0.25) is 14.5 Å². The van der Waals surface area contributed by atoms with Crippen LogP contribution < -0.4 is 5.32 Å². The van der Waals surface area contributed by atoms with Gasteiger partial charge in [-0.1, -0.05) is 67.0 Å². The monoisotopic (exact) mass is 436 g/mol. The van der Waals surface area contributed by atoms with Gasteiger partial charge in [0, 0.05) is 24.0 Å². The second kappa shape index (κ2) is 10.4. The minimum absolute atomic E-state index is 0.0380. The predicted octanol–water partition coefficient (Wildman–Crippen LogP) is 5.16. The summed E-state index contributed by atoms with van der Waals surface area (Å²) in [6.07, 6.45) is 9.68. The summed E-state index contributed by atoms with van der Waals surface area (Å²) in [7, 11) is 0. The number of halogens is 1. The zero-order valence-corrected chi connectivity index (χ0v) is 18.2. The summed E-state index contributed by atoms with van der Waals surface area (Å²) in [6.45, 7) is 0.604. The fourth-order valence-electron chi connectivity index (χ4n) is 3.51. The molecule has 2 amide bonds. The Balaban J connectivity index is 1.39. The summed E-state index contributed by atoms with van der Waals surface area (Å²) >= 11 is 12.6. The van der Waals surface area contributed by atoms with E-state index in [-0.39, 0.29) is 11.8 Å². The molecule has 1 saturated carbocycles. The van der Waals surface area contributed by atoms with Gasteiger partial charge in [0.15, 0.2) is 0 Å². The highest BCUT2D eigenvalue weighted by Gasteiger charge is 2.31. The van der Waals surface area contributed by atoms with Crippen LogP contribution in [0.25, 0.3) is 6.08 Å². The number of rotatable bonds is 8. The Labute approximate surface area is 181 Å². The number of carbonyl (C=O) groups excluding carboxylic acids is 2. The van der Waals surface area contributed by atoms with Crippen molar-refractivity contribution in [3.05, 3.63) is 39.8 Å². The quantitative estimate of drug-likeness (QED) is 0.347. The minimum Gasteiger partial charge on any atom is -0.353 e. The number of nitrogens with zero attached hydrogens (tertiary/aromatic N) is 1. The predicted molar refractivity (Wildman–Crippen MR) is 120 cm³/mol. The van der Waals surface area contributed by atoms with Crippen molar-refractivity contribution < 1.29 is 9.59 Å². The third kappa shape index (κ3) is 6.06. The lowest BCUT2D eigenvalue weighted by Gasteiger charge is -2.14. The number of thioether (sulfide) groups is 1. The van der Waals surface area contributed by atoms with Crippen LogP contribution in [0.15, 0.2) is 29.2 Å². The van der Waals surface area contributed by atoms with Gasteiger partial charge in [0.05, 0.1) is 4.91 Å². The molecule has 1 saturated heterocycles. The zero-order valence-electron chi connectivity index (χ0n) is 15.8. The Bertz CT molecular complexity index is 758. The van der Waals surface area contributed by atoms with E-state index in [9.17, 15) is 9.59 Å². The van der Waals surface area contributed by atoms with E-state index in [1.807, 2.05) is 18.2 Å². The average molecular weight is 437 g/mol. The van der Waals surface area contributed by atoms with E-state index >= 15 is 0 Å². The summed E-state index contributed by atoms with van der Waals surface area (Å²) in [6, 6.07) is 7.75. The van der Waals surface area contributed by atoms with Crippen molar-refractivity contribution in [2.24, 2.45) is 0 Å². The molecule has 28 heavy (non-hydrogen) atoms. The van der Waals surface area contributed by atoms with Gasteiger partial charge < -0.3 is 5.32 Å². The van der Waals surface area contributed by atoms with E-state index in [4.69, 9.17) is 23.8 Å². The van der Waals surface area contributed by atoms with Crippen LogP contribution in [0.3, 0.4) is 0 Å². The van der Waals surface area contributed by atoms with Gasteiger partial charge in [-0.05, 0) is 49.5 Å². The summed E-state index contributed by atoms with van der Waals surface area (Å²) in [4.78, 5) is 26.9. The number of amides is 2. The summed E-state index contributed by atoms with van der Waals surface area (Å²) in [5, 5.41) is 3.78. The van der Waals surface area contributed by atoms with Gasteiger partial charge in [-0.2, -0.15) is 0 Å². The molecule has 0 bridgehead atoms. The molecule has 0 radical (unpaired) electrons. The van der Waals surface area contributed by atoms with Crippen molar-refractivity contribution in [1.82, 2.24) is 10.2 Å². The van der Waals surface area contributed by atoms with Crippen molar-refractivity contribution >= 4 is 57.8 Å². The van der Waals surface area contributed by atoms with Gasteiger partial charge in [0.2, 0.25) is 5.91 Å². The van der Waals surface area contributed by atoms with Crippen LogP contribution in [-0.2, 0) is 9.59 Å². The Morgan fingerprint density at radius 3 is 2.64 bits per heavy atom. The molecule has 0 spiro atoms. The standard InChI is InChI=1S/C21H25ClN2O2S2/c22-16-11-9-15(10-12-16)14-18-20(26)24(21(27)28-18)13-5-1-2-8-19(25)23-17-6-3-4-7-17/h9-12,14,17H,1-8,13H2,(H,23,25)/b18-14-. The van der Waals surface area contributed by atoms with Crippen LogP contribution in [0, 0.1) is 0 Å². The molecular formula is C21H25ClN2O2S2. The third-order valence-corrected chi connectivity index (χ3v) is 6.68. The fraction of sp³-hybridized carbons (Fsp3) is 0.476. The SMILES string of the molecule is O=C(CCCCCN1C(=O)/C(=C/c2ccc(Cl)cc2)SC1=S)NC1CCCC1. The smallest absolute Gasteiger partial charge is 0.266 e. The van der Waals surface area contributed by atoms with Crippen LogP contribution in [-0.4, -0.2) is 33.6 Å². The van der Waals surface area contributed by atoms with Gasteiger partial charge in [0.25, 0.3) is 5.91 Å². The lowest BCUT2D eigenvalue weighted by molar-refractivity contribution is -0.123. The van der Waals surface area contributed by atoms with Crippen LogP contribution in [0.4, 0.5) is 0 Å². The average Bonchev–Trinajstić information content (AvgIpc) is 3.26. The number of nitrogens with one attached hydrogen (secondary N) is 1. The Hall–Kier alpha value is -1.37. The molecule has 1 aromatic rings. The van der Waals surface area contributed by atoms with Crippen molar-refractivity contribution in [3.63, 3.8) is 0 Å². The molecule has 0 aromatic heterocycles. The maximum Gasteiger partial charge on any atom is 0.266 e. The van der Waals surface area contributed by atoms with Gasteiger partial charge in [-0.25, -0.2) is 0 Å². The number of thiocarbonyl (C=S) groups is 1. The van der Waals surface area contributed by atoms with E-state index in [0.29, 0.717) is 33.3 Å². The van der Waals surface area contributed by atoms with E-state index in [1.165, 1.54) is 24.6 Å². The highest BCUT2D eigenvalue weighted by atomic mass is 35.5. The van der Waals surface area contributed by atoms with E-state index in [2.05, 4.69) is 5.32 Å². The molecule has 3 rings (SSSR count). The number of hydrogen-bond acceptors (Lipinski definition) is 4. The molecule has 1 aliphatic heterocycles. The molecule has 2 aliphatic rings. The molecule has 1 heterocycles. The molecule has 1 N–H and O–H groups in total. The van der Waals surface area contributed by atoms with Gasteiger partial charge >= 0.3 is 0 Å². The first-order chi connectivity index (χ1) is 13.5. The van der Waals surface area contributed by atoms with Crippen LogP contribution in [0.1, 0.15) is 56.9 Å². The first-order valence-corrected chi connectivity index (χ1v) is 11.4. The molecule has 1 aromatic carbocycles. The molecule has 7 heteroatoms. The second-order valence-electron chi connectivity index (χ2n) is 7.24. The van der Waals surface area contributed by atoms with Gasteiger partial charge in [0.1, 0.15) is 4.32 Å². The number of hydrogen-bond donors (Lipinski definition) is 1. The zero-order chi connectivity index (χ0) is 19.9. The highest BCUT2D eigenvalue weighted by molar-refractivity contribution is 8.26. The Morgan fingerprint density at radius 2 is 1.93 bits per heavy atom. The van der Waals surface area contributed by atoms with E-state index in [0.717, 1.165) is 37.7 Å². The maximum absolute atomic E-state index is 12.6. The molecule has 2 fully saturated rings. The molecular weight excluding hydrogens is 412 g/mol. The lowest BCUT2D eigenvalue weighted by Crippen LogP contribution is -2.32. The molecule has 150 valence electrons. The molecule has 4 nitrogen and oxygen atoms in total. The topological polar surface area (TPSA) is 49.4 Å². The van der Waals surface area contributed by atoms with E-state index in [1.54, 1.807) is 17.0 Å². The number of benzene rings is 1.